The molecule has 1 aliphatic rings. The van der Waals surface area contributed by atoms with E-state index in [-0.39, 0.29) is 16.6 Å². The molecule has 3 amide bonds. The maximum Gasteiger partial charge on any atom is 0.322 e. The minimum Gasteiger partial charge on any atom is -0.497 e. The van der Waals surface area contributed by atoms with E-state index in [1.54, 1.807) is 49.3 Å². The number of carbonyl (C=O) groups excluding carboxylic acids is 2. The summed E-state index contributed by atoms with van der Waals surface area (Å²) < 4.78 is 5.17. The lowest BCUT2D eigenvalue weighted by Crippen LogP contribution is -2.49. The second-order valence-electron chi connectivity index (χ2n) is 7.22. The van der Waals surface area contributed by atoms with Crippen molar-refractivity contribution < 1.29 is 19.4 Å². The summed E-state index contributed by atoms with van der Waals surface area (Å²) in [6.07, 6.45) is 1.46. The fourth-order valence-electron chi connectivity index (χ4n) is 3.70. The molecule has 8 heteroatoms. The van der Waals surface area contributed by atoms with Gasteiger partial charge in [-0.15, -0.1) is 0 Å². The Labute approximate surface area is 174 Å². The number of hydrogen-bond donors (Lipinski definition) is 3. The highest BCUT2D eigenvalue weighted by Gasteiger charge is 2.42. The first-order valence-electron chi connectivity index (χ1n) is 9.28. The summed E-state index contributed by atoms with van der Waals surface area (Å²) in [6, 6.07) is 10.9. The van der Waals surface area contributed by atoms with Crippen molar-refractivity contribution in [2.45, 2.75) is 31.4 Å². The van der Waals surface area contributed by atoms with Gasteiger partial charge < -0.3 is 25.8 Å². The van der Waals surface area contributed by atoms with Crippen LogP contribution in [0.25, 0.3) is 0 Å². The zero-order chi connectivity index (χ0) is 21.2. The van der Waals surface area contributed by atoms with Gasteiger partial charge in [0.15, 0.2) is 0 Å². The van der Waals surface area contributed by atoms with Crippen molar-refractivity contribution in [2.75, 3.05) is 19.0 Å². The summed E-state index contributed by atoms with van der Waals surface area (Å²) in [5.74, 6) is 0.0601. The molecule has 2 atom stereocenters. The minimum atomic E-state index is -1.23. The molecule has 1 fully saturated rings. The predicted molar refractivity (Wildman–Crippen MR) is 111 cm³/mol. The number of methoxy groups -OCH3 is 1. The fraction of sp³-hybridized carbons (Fsp3) is 0.333. The van der Waals surface area contributed by atoms with Gasteiger partial charge in [-0.05, 0) is 55.7 Å². The molecular formula is C21H24ClN3O4. The lowest BCUT2D eigenvalue weighted by molar-refractivity contribution is -0.00944. The van der Waals surface area contributed by atoms with Crippen molar-refractivity contribution in [1.29, 1.82) is 0 Å². The Morgan fingerprint density at radius 2 is 1.97 bits per heavy atom. The maximum atomic E-state index is 12.9. The molecule has 1 saturated heterocycles. The summed E-state index contributed by atoms with van der Waals surface area (Å²) >= 11 is 6.06. The van der Waals surface area contributed by atoms with Crippen LogP contribution < -0.4 is 15.8 Å². The Morgan fingerprint density at radius 3 is 2.55 bits per heavy atom. The maximum absolute atomic E-state index is 12.9. The van der Waals surface area contributed by atoms with E-state index in [9.17, 15) is 14.7 Å². The highest BCUT2D eigenvalue weighted by molar-refractivity contribution is 6.34. The van der Waals surface area contributed by atoms with Crippen LogP contribution in [0.2, 0.25) is 5.02 Å². The topological polar surface area (TPSA) is 105 Å². The van der Waals surface area contributed by atoms with Crippen LogP contribution in [0.5, 0.6) is 5.75 Å². The zero-order valence-electron chi connectivity index (χ0n) is 16.3. The van der Waals surface area contributed by atoms with E-state index in [0.717, 1.165) is 6.42 Å². The first-order valence-corrected chi connectivity index (χ1v) is 9.65. The van der Waals surface area contributed by atoms with E-state index in [0.29, 0.717) is 30.0 Å². The SMILES string of the molecule is COc1ccc([C@@](C)(O)[C@@H]2CCCN2C(=O)Nc2ccc(C(N)=O)c(Cl)c2)cc1. The number of likely N-dealkylation sites (tertiary alicyclic amines) is 1. The van der Waals surface area contributed by atoms with Crippen LogP contribution in [0.4, 0.5) is 10.5 Å². The van der Waals surface area contributed by atoms with E-state index < -0.39 is 17.6 Å². The number of carbonyl (C=O) groups is 2. The van der Waals surface area contributed by atoms with Crippen molar-refractivity contribution in [3.05, 3.63) is 58.6 Å². The number of ether oxygens (including phenoxy) is 1. The summed E-state index contributed by atoms with van der Waals surface area (Å²) in [4.78, 5) is 25.8. The zero-order valence-corrected chi connectivity index (χ0v) is 17.1. The van der Waals surface area contributed by atoms with Gasteiger partial charge in [-0.3, -0.25) is 4.79 Å². The second-order valence-corrected chi connectivity index (χ2v) is 7.62. The number of benzene rings is 2. The monoisotopic (exact) mass is 417 g/mol. The molecule has 0 unspecified atom stereocenters. The number of nitrogens with two attached hydrogens (primary N) is 1. The number of aliphatic hydroxyl groups is 1. The molecule has 154 valence electrons. The van der Waals surface area contributed by atoms with Gasteiger partial charge in [0, 0.05) is 12.2 Å². The molecule has 29 heavy (non-hydrogen) atoms. The highest BCUT2D eigenvalue weighted by Crippen LogP contribution is 2.35. The standard InChI is InChI=1S/C21H24ClN3O4/c1-21(28,13-5-8-15(29-2)9-6-13)18-4-3-11-25(18)20(27)24-14-7-10-16(19(23)26)17(22)12-14/h5-10,12,18,28H,3-4,11H2,1-2H3,(H2,23,26)(H,24,27)/t18-,21+/m0/s1. The van der Waals surface area contributed by atoms with Crippen LogP contribution in [0.3, 0.4) is 0 Å². The van der Waals surface area contributed by atoms with Crippen LogP contribution >= 0.6 is 11.6 Å². The van der Waals surface area contributed by atoms with Crippen LogP contribution in [-0.4, -0.2) is 41.6 Å². The Balaban J connectivity index is 1.78. The van der Waals surface area contributed by atoms with Gasteiger partial charge in [0.1, 0.15) is 11.4 Å². The van der Waals surface area contributed by atoms with Crippen molar-refractivity contribution in [2.24, 2.45) is 5.73 Å². The number of primary amides is 1. The molecule has 2 aromatic rings. The third-order valence-corrected chi connectivity index (χ3v) is 5.64. The Hall–Kier alpha value is -2.77. The first-order chi connectivity index (χ1) is 13.7. The highest BCUT2D eigenvalue weighted by atomic mass is 35.5. The van der Waals surface area contributed by atoms with E-state index >= 15 is 0 Å². The lowest BCUT2D eigenvalue weighted by atomic mass is 9.86. The number of urea groups is 1. The minimum absolute atomic E-state index is 0.165. The van der Waals surface area contributed by atoms with Gasteiger partial charge in [0.2, 0.25) is 5.91 Å². The average molecular weight is 418 g/mol. The molecule has 7 nitrogen and oxygen atoms in total. The average Bonchev–Trinajstić information content (AvgIpc) is 3.19. The van der Waals surface area contributed by atoms with Gasteiger partial charge in [-0.2, -0.15) is 0 Å². The van der Waals surface area contributed by atoms with E-state index in [4.69, 9.17) is 22.1 Å². The van der Waals surface area contributed by atoms with E-state index in [1.165, 1.54) is 12.1 Å². The smallest absolute Gasteiger partial charge is 0.322 e. The largest absolute Gasteiger partial charge is 0.497 e. The van der Waals surface area contributed by atoms with Crippen molar-refractivity contribution in [1.82, 2.24) is 4.90 Å². The lowest BCUT2D eigenvalue weighted by Gasteiger charge is -2.37. The predicted octanol–water partition coefficient (Wildman–Crippen LogP) is 3.35. The first kappa shape index (κ1) is 21.0. The number of amides is 3. The Kier molecular flexibility index (Phi) is 6.00. The molecule has 0 spiro atoms. The molecule has 4 N–H and O–H groups in total. The third-order valence-electron chi connectivity index (χ3n) is 5.32. The molecule has 0 aliphatic carbocycles. The Morgan fingerprint density at radius 1 is 1.28 bits per heavy atom. The summed E-state index contributed by atoms with van der Waals surface area (Å²) in [5.41, 5.74) is 5.36. The van der Waals surface area contributed by atoms with E-state index in [2.05, 4.69) is 5.32 Å². The van der Waals surface area contributed by atoms with Crippen molar-refractivity contribution >= 4 is 29.2 Å². The Bertz CT molecular complexity index is 915. The normalized spacial score (nSPS) is 18.2. The van der Waals surface area contributed by atoms with Crippen LogP contribution in [0, 0.1) is 0 Å². The molecule has 0 radical (unpaired) electrons. The van der Waals surface area contributed by atoms with E-state index in [1.807, 2.05) is 0 Å². The number of nitrogens with one attached hydrogen (secondary N) is 1. The molecule has 0 bridgehead atoms. The number of rotatable bonds is 5. The van der Waals surface area contributed by atoms with Gasteiger partial charge in [0.25, 0.3) is 0 Å². The quantitative estimate of drug-likeness (QED) is 0.693. The number of anilines is 1. The molecule has 0 saturated carbocycles. The number of hydrogen-bond acceptors (Lipinski definition) is 4. The molecule has 2 aromatic carbocycles. The number of nitrogens with zero attached hydrogens (tertiary/aromatic N) is 1. The fourth-order valence-corrected chi connectivity index (χ4v) is 3.98. The van der Waals surface area contributed by atoms with Crippen molar-refractivity contribution in [3.8, 4) is 5.75 Å². The van der Waals surface area contributed by atoms with Crippen molar-refractivity contribution in [3.63, 3.8) is 0 Å². The molecule has 1 aliphatic heterocycles. The van der Waals surface area contributed by atoms with Gasteiger partial charge in [-0.1, -0.05) is 23.7 Å². The molecule has 3 rings (SSSR count). The summed E-state index contributed by atoms with van der Waals surface area (Å²) in [7, 11) is 1.58. The third kappa shape index (κ3) is 4.31. The molecular weight excluding hydrogens is 394 g/mol. The number of halogens is 1. The molecule has 1 heterocycles. The van der Waals surface area contributed by atoms with Gasteiger partial charge in [-0.25, -0.2) is 4.79 Å². The van der Waals surface area contributed by atoms with Crippen LogP contribution in [0.15, 0.2) is 42.5 Å². The molecule has 0 aromatic heterocycles. The van der Waals surface area contributed by atoms with Crippen LogP contribution in [-0.2, 0) is 5.60 Å². The van der Waals surface area contributed by atoms with Gasteiger partial charge >= 0.3 is 6.03 Å². The summed E-state index contributed by atoms with van der Waals surface area (Å²) in [5, 5.41) is 14.2. The van der Waals surface area contributed by atoms with Crippen LogP contribution in [0.1, 0.15) is 35.7 Å². The van der Waals surface area contributed by atoms with Gasteiger partial charge in [0.05, 0.1) is 23.7 Å². The second kappa shape index (κ2) is 8.31. The summed E-state index contributed by atoms with van der Waals surface area (Å²) in [6.45, 7) is 2.24.